The van der Waals surface area contributed by atoms with Gasteiger partial charge in [0.25, 0.3) is 0 Å². The van der Waals surface area contributed by atoms with Gasteiger partial charge < -0.3 is 10.4 Å². The molecule has 1 heterocycles. The fraction of sp³-hybridized carbons (Fsp3) is 0.700. The van der Waals surface area contributed by atoms with Crippen molar-refractivity contribution in [2.24, 2.45) is 0 Å². The zero-order valence-corrected chi connectivity index (χ0v) is 11.5. The number of carbonyl (C=O) groups is 1. The highest BCUT2D eigenvalue weighted by atomic mass is 32.2. The van der Waals surface area contributed by atoms with Crippen molar-refractivity contribution in [2.75, 3.05) is 12.8 Å². The van der Waals surface area contributed by atoms with Crippen molar-refractivity contribution in [1.82, 2.24) is 20.1 Å². The summed E-state index contributed by atoms with van der Waals surface area (Å²) in [5, 5.41) is 18.7. The van der Waals surface area contributed by atoms with Gasteiger partial charge in [-0.2, -0.15) is 0 Å². The quantitative estimate of drug-likeness (QED) is 0.611. The van der Waals surface area contributed by atoms with Crippen molar-refractivity contribution in [3.05, 3.63) is 10.5 Å². The topological polar surface area (TPSA) is 100 Å². The second kappa shape index (κ2) is 6.05. The number of carboxylic acid groups (broad SMARTS) is 1. The van der Waals surface area contributed by atoms with Crippen molar-refractivity contribution in [2.45, 2.75) is 37.5 Å². The molecule has 1 rings (SSSR count). The summed E-state index contributed by atoms with van der Waals surface area (Å²) in [6.45, 7) is 4.03. The second-order valence-corrected chi connectivity index (χ2v) is 5.10. The third-order valence-corrected chi connectivity index (χ3v) is 3.87. The summed E-state index contributed by atoms with van der Waals surface area (Å²) in [5.41, 5.74) is -1.20. The van der Waals surface area contributed by atoms with Crippen LogP contribution in [0.2, 0.25) is 0 Å². The van der Waals surface area contributed by atoms with Crippen LogP contribution in [0.25, 0.3) is 0 Å². The molecular weight excluding hydrogens is 256 g/mol. The average Bonchev–Trinajstić information content (AvgIpc) is 2.69. The maximum atomic E-state index is 11.3. The molecule has 0 saturated heterocycles. The average molecular weight is 274 g/mol. The Kier molecular flexibility index (Phi) is 4.97. The summed E-state index contributed by atoms with van der Waals surface area (Å²) >= 11 is 1.37. The highest BCUT2D eigenvalue weighted by molar-refractivity contribution is 7.99. The summed E-state index contributed by atoms with van der Waals surface area (Å²) in [5.74, 6) is -0.325. The van der Waals surface area contributed by atoms with Gasteiger partial charge >= 0.3 is 11.7 Å². The van der Waals surface area contributed by atoms with Crippen molar-refractivity contribution in [1.29, 1.82) is 0 Å². The zero-order valence-electron chi connectivity index (χ0n) is 10.7. The van der Waals surface area contributed by atoms with Gasteiger partial charge in [-0.25, -0.2) is 9.89 Å². The van der Waals surface area contributed by atoms with Crippen LogP contribution >= 0.6 is 11.8 Å². The number of rotatable bonds is 7. The first-order valence-electron chi connectivity index (χ1n) is 5.65. The number of carboxylic acids is 1. The number of nitrogens with one attached hydrogen (secondary N) is 2. The standard InChI is InChI=1S/C10H18N4O3S/c1-4-14-8(17)12-13-9(14)18-6-5-10(2,11-3)7(15)16/h11H,4-6H2,1-3H3,(H,12,17)(H,15,16). The van der Waals surface area contributed by atoms with E-state index in [-0.39, 0.29) is 5.69 Å². The van der Waals surface area contributed by atoms with Crippen LogP contribution in [0, 0.1) is 0 Å². The summed E-state index contributed by atoms with van der Waals surface area (Å²) in [7, 11) is 1.62. The second-order valence-electron chi connectivity index (χ2n) is 4.04. The van der Waals surface area contributed by atoms with E-state index in [1.165, 1.54) is 16.3 Å². The number of thioether (sulfide) groups is 1. The van der Waals surface area contributed by atoms with Crippen LogP contribution in [0.5, 0.6) is 0 Å². The fourth-order valence-corrected chi connectivity index (χ4v) is 2.55. The van der Waals surface area contributed by atoms with E-state index in [9.17, 15) is 9.59 Å². The SMILES string of the molecule is CCn1c(SCCC(C)(NC)C(=O)O)n[nH]c1=O. The first kappa shape index (κ1) is 14.8. The number of aromatic nitrogens is 3. The van der Waals surface area contributed by atoms with Crippen LogP contribution in [-0.2, 0) is 11.3 Å². The summed E-state index contributed by atoms with van der Waals surface area (Å²) in [4.78, 5) is 22.4. The number of hydrogen-bond donors (Lipinski definition) is 3. The minimum Gasteiger partial charge on any atom is -0.480 e. The molecule has 1 atom stereocenters. The maximum absolute atomic E-state index is 11.3. The number of hydrogen-bond acceptors (Lipinski definition) is 5. The molecule has 0 aliphatic heterocycles. The highest BCUT2D eigenvalue weighted by Crippen LogP contribution is 2.19. The van der Waals surface area contributed by atoms with Crippen LogP contribution in [0.1, 0.15) is 20.3 Å². The van der Waals surface area contributed by atoms with Crippen LogP contribution in [-0.4, -0.2) is 44.2 Å². The van der Waals surface area contributed by atoms with Gasteiger partial charge in [-0.15, -0.1) is 5.10 Å². The molecule has 8 heteroatoms. The molecule has 0 amide bonds. The van der Waals surface area contributed by atoms with Gasteiger partial charge in [0.05, 0.1) is 0 Å². The predicted octanol–water partition coefficient (Wildman–Crippen LogP) is 0.136. The van der Waals surface area contributed by atoms with Gasteiger partial charge in [0.15, 0.2) is 5.16 Å². The zero-order chi connectivity index (χ0) is 13.8. The molecule has 0 aliphatic rings. The Morgan fingerprint density at radius 3 is 2.83 bits per heavy atom. The van der Waals surface area contributed by atoms with Crippen molar-refractivity contribution >= 4 is 17.7 Å². The smallest absolute Gasteiger partial charge is 0.343 e. The van der Waals surface area contributed by atoms with E-state index >= 15 is 0 Å². The van der Waals surface area contributed by atoms with Crippen LogP contribution in [0.15, 0.2) is 9.95 Å². The van der Waals surface area contributed by atoms with Gasteiger partial charge in [0.2, 0.25) is 0 Å². The number of nitrogens with zero attached hydrogens (tertiary/aromatic N) is 2. The van der Waals surface area contributed by atoms with E-state index in [0.717, 1.165) is 0 Å². The van der Waals surface area contributed by atoms with E-state index < -0.39 is 11.5 Å². The number of likely N-dealkylation sites (N-methyl/N-ethyl adjacent to an activating group) is 1. The van der Waals surface area contributed by atoms with Crippen LogP contribution < -0.4 is 11.0 Å². The molecule has 102 valence electrons. The molecule has 3 N–H and O–H groups in total. The highest BCUT2D eigenvalue weighted by Gasteiger charge is 2.30. The first-order valence-corrected chi connectivity index (χ1v) is 6.63. The van der Waals surface area contributed by atoms with E-state index in [1.54, 1.807) is 14.0 Å². The van der Waals surface area contributed by atoms with Crippen LogP contribution in [0.4, 0.5) is 0 Å². The minimum atomic E-state index is -0.958. The lowest BCUT2D eigenvalue weighted by Gasteiger charge is -2.23. The number of H-pyrrole nitrogens is 1. The molecule has 1 aromatic heterocycles. The number of aromatic amines is 1. The molecule has 0 fully saturated rings. The monoisotopic (exact) mass is 274 g/mol. The van der Waals surface area contributed by atoms with Gasteiger partial charge in [-0.1, -0.05) is 11.8 Å². The molecule has 0 spiro atoms. The molecule has 7 nitrogen and oxygen atoms in total. The van der Waals surface area contributed by atoms with Crippen molar-refractivity contribution in [3.63, 3.8) is 0 Å². The third-order valence-electron chi connectivity index (χ3n) is 2.90. The Hall–Kier alpha value is -1.28. The first-order chi connectivity index (χ1) is 8.44. The molecule has 1 unspecified atom stereocenters. The third kappa shape index (κ3) is 3.14. The van der Waals surface area contributed by atoms with Gasteiger partial charge in [0, 0.05) is 12.3 Å². The van der Waals surface area contributed by atoms with E-state index in [2.05, 4.69) is 15.5 Å². The van der Waals surface area contributed by atoms with E-state index in [1.807, 2.05) is 6.92 Å². The van der Waals surface area contributed by atoms with E-state index in [4.69, 9.17) is 5.11 Å². The Bertz CT molecular complexity index is 470. The fourth-order valence-electron chi connectivity index (χ4n) is 1.38. The predicted molar refractivity (Wildman–Crippen MR) is 69.0 cm³/mol. The van der Waals surface area contributed by atoms with Gasteiger partial charge in [-0.05, 0) is 27.3 Å². The summed E-state index contributed by atoms with van der Waals surface area (Å²) < 4.78 is 1.52. The summed E-state index contributed by atoms with van der Waals surface area (Å²) in [6, 6.07) is 0. The normalized spacial score (nSPS) is 14.4. The van der Waals surface area contributed by atoms with Gasteiger partial charge in [-0.3, -0.25) is 9.36 Å². The molecule has 18 heavy (non-hydrogen) atoms. The van der Waals surface area contributed by atoms with E-state index in [0.29, 0.717) is 23.9 Å². The Morgan fingerprint density at radius 1 is 1.67 bits per heavy atom. The Labute approximate surface area is 109 Å². The molecule has 1 aromatic rings. The van der Waals surface area contributed by atoms with Crippen molar-refractivity contribution < 1.29 is 9.90 Å². The van der Waals surface area contributed by atoms with Gasteiger partial charge in [0.1, 0.15) is 5.54 Å². The lowest BCUT2D eigenvalue weighted by atomic mass is 10.00. The molecule has 0 aromatic carbocycles. The van der Waals surface area contributed by atoms with Crippen LogP contribution in [0.3, 0.4) is 0 Å². The number of aliphatic carboxylic acids is 1. The molecular formula is C10H18N4O3S. The minimum absolute atomic E-state index is 0.241. The lowest BCUT2D eigenvalue weighted by Crippen LogP contribution is -2.47. The lowest BCUT2D eigenvalue weighted by molar-refractivity contribution is -0.144. The largest absolute Gasteiger partial charge is 0.480 e. The summed E-state index contributed by atoms with van der Waals surface area (Å²) in [6.07, 6.45) is 0.439. The molecule has 0 aliphatic carbocycles. The molecule has 0 radical (unpaired) electrons. The molecule has 0 saturated carbocycles. The molecule has 0 bridgehead atoms. The Balaban J connectivity index is 2.61. The van der Waals surface area contributed by atoms with Crippen molar-refractivity contribution in [3.8, 4) is 0 Å². The maximum Gasteiger partial charge on any atom is 0.343 e. The Morgan fingerprint density at radius 2 is 2.33 bits per heavy atom.